The number of hydrogen-bond donors (Lipinski definition) is 1. The molecule has 29 heavy (non-hydrogen) atoms. The largest absolute Gasteiger partial charge is 0.468 e. The number of rotatable bonds is 6. The van der Waals surface area contributed by atoms with E-state index in [0.29, 0.717) is 23.0 Å². The molecule has 0 aliphatic heterocycles. The Bertz CT molecular complexity index is 1060. The van der Waals surface area contributed by atoms with E-state index in [-0.39, 0.29) is 23.4 Å². The summed E-state index contributed by atoms with van der Waals surface area (Å²) in [6.07, 6.45) is 2.12. The summed E-state index contributed by atoms with van der Waals surface area (Å²) in [6.45, 7) is -1.01. The maximum Gasteiger partial charge on any atom is 0.422 e. The predicted octanol–water partition coefficient (Wildman–Crippen LogP) is 3.05. The molecule has 3 aromatic heterocycles. The van der Waals surface area contributed by atoms with E-state index >= 15 is 0 Å². The van der Waals surface area contributed by atoms with Crippen LogP contribution in [0.2, 0.25) is 0 Å². The molecule has 1 saturated carbocycles. The molecule has 3 heterocycles. The monoisotopic (exact) mass is 405 g/mol. The molecular formula is C19H18F3N5O2. The Morgan fingerprint density at radius 3 is 2.83 bits per heavy atom. The van der Waals surface area contributed by atoms with Crippen molar-refractivity contribution in [2.45, 2.75) is 31.5 Å². The highest BCUT2D eigenvalue weighted by Crippen LogP contribution is 2.44. The number of alkyl halides is 3. The van der Waals surface area contributed by atoms with Crippen LogP contribution in [0.1, 0.15) is 40.4 Å². The average molecular weight is 405 g/mol. The van der Waals surface area contributed by atoms with Crippen molar-refractivity contribution in [1.82, 2.24) is 25.1 Å². The zero-order valence-electron chi connectivity index (χ0n) is 15.5. The summed E-state index contributed by atoms with van der Waals surface area (Å²) in [4.78, 5) is 20.2. The van der Waals surface area contributed by atoms with Crippen LogP contribution in [0.25, 0.3) is 10.9 Å². The summed E-state index contributed by atoms with van der Waals surface area (Å²) in [5.74, 6) is -0.101. The van der Waals surface area contributed by atoms with Crippen LogP contribution in [-0.4, -0.2) is 45.5 Å². The van der Waals surface area contributed by atoms with Crippen LogP contribution in [0.15, 0.2) is 30.7 Å². The second kappa shape index (κ2) is 7.34. The summed E-state index contributed by atoms with van der Waals surface area (Å²) >= 11 is 0. The van der Waals surface area contributed by atoms with Gasteiger partial charge in [-0.15, -0.1) is 0 Å². The smallest absolute Gasteiger partial charge is 0.422 e. The summed E-state index contributed by atoms with van der Waals surface area (Å²) in [7, 11) is 1.53. The molecule has 0 bridgehead atoms. The van der Waals surface area contributed by atoms with Gasteiger partial charge in [-0.1, -0.05) is 0 Å². The zero-order valence-corrected chi connectivity index (χ0v) is 15.5. The number of ether oxygens (including phenoxy) is 1. The second-order valence-electron chi connectivity index (χ2n) is 6.91. The van der Waals surface area contributed by atoms with Crippen molar-refractivity contribution >= 4 is 16.8 Å². The van der Waals surface area contributed by atoms with Gasteiger partial charge in [0, 0.05) is 31.2 Å². The van der Waals surface area contributed by atoms with Gasteiger partial charge in [-0.2, -0.15) is 18.3 Å². The molecule has 0 unspecified atom stereocenters. The van der Waals surface area contributed by atoms with E-state index in [9.17, 15) is 18.0 Å². The van der Waals surface area contributed by atoms with E-state index < -0.39 is 12.8 Å². The van der Waals surface area contributed by atoms with Crippen LogP contribution in [-0.2, 0) is 6.54 Å². The van der Waals surface area contributed by atoms with Crippen molar-refractivity contribution in [1.29, 1.82) is 0 Å². The Balaban J connectivity index is 1.59. The lowest BCUT2D eigenvalue weighted by atomic mass is 10.1. The van der Waals surface area contributed by atoms with Crippen LogP contribution in [0.3, 0.4) is 0 Å². The number of aromatic nitrogens is 4. The average Bonchev–Trinajstić information content (AvgIpc) is 3.45. The van der Waals surface area contributed by atoms with Crippen molar-refractivity contribution in [3.63, 3.8) is 0 Å². The van der Waals surface area contributed by atoms with Crippen LogP contribution in [0.4, 0.5) is 13.2 Å². The van der Waals surface area contributed by atoms with Crippen LogP contribution in [0, 0.1) is 0 Å². The first-order valence-corrected chi connectivity index (χ1v) is 9.06. The summed E-state index contributed by atoms with van der Waals surface area (Å²) in [6, 6.07) is 3.53. The SMILES string of the molecule is CNC(=O)c1nccc2nn(Cc3cnc(OCC(F)(F)F)c(C4CC4)c3)cc12. The maximum absolute atomic E-state index is 12.5. The number of halogens is 3. The quantitative estimate of drug-likeness (QED) is 0.682. The third kappa shape index (κ3) is 4.30. The maximum atomic E-state index is 12.5. The highest BCUT2D eigenvalue weighted by Gasteiger charge is 2.32. The Morgan fingerprint density at radius 1 is 1.34 bits per heavy atom. The minimum atomic E-state index is -4.41. The van der Waals surface area contributed by atoms with Crippen LogP contribution < -0.4 is 10.1 Å². The van der Waals surface area contributed by atoms with Gasteiger partial charge in [0.1, 0.15) is 5.69 Å². The number of hydrogen-bond acceptors (Lipinski definition) is 5. The van der Waals surface area contributed by atoms with E-state index in [1.807, 2.05) is 6.07 Å². The van der Waals surface area contributed by atoms with Gasteiger partial charge in [0.2, 0.25) is 5.88 Å². The number of pyridine rings is 2. The van der Waals surface area contributed by atoms with Gasteiger partial charge >= 0.3 is 6.18 Å². The molecule has 10 heteroatoms. The molecule has 0 spiro atoms. The van der Waals surface area contributed by atoms with Crippen molar-refractivity contribution < 1.29 is 22.7 Å². The fourth-order valence-corrected chi connectivity index (χ4v) is 3.12. The number of carbonyl (C=O) groups excluding carboxylic acids is 1. The topological polar surface area (TPSA) is 81.9 Å². The van der Waals surface area contributed by atoms with Crippen molar-refractivity contribution in [3.05, 3.63) is 47.5 Å². The molecule has 0 saturated heterocycles. The third-order valence-corrected chi connectivity index (χ3v) is 4.59. The molecule has 1 amide bonds. The molecule has 7 nitrogen and oxygen atoms in total. The lowest BCUT2D eigenvalue weighted by Gasteiger charge is -2.13. The Hall–Kier alpha value is -3.17. The minimum Gasteiger partial charge on any atom is -0.468 e. The third-order valence-electron chi connectivity index (χ3n) is 4.59. The Kier molecular flexibility index (Phi) is 4.85. The summed E-state index contributed by atoms with van der Waals surface area (Å²) in [5.41, 5.74) is 2.38. The molecule has 1 N–H and O–H groups in total. The minimum absolute atomic E-state index is 0.0327. The zero-order chi connectivity index (χ0) is 20.6. The van der Waals surface area contributed by atoms with Gasteiger partial charge in [-0.3, -0.25) is 14.5 Å². The number of nitrogens with zero attached hydrogens (tertiary/aromatic N) is 4. The fraction of sp³-hybridized carbons (Fsp3) is 0.368. The highest BCUT2D eigenvalue weighted by molar-refractivity contribution is 6.03. The van der Waals surface area contributed by atoms with E-state index in [1.54, 1.807) is 16.9 Å². The normalized spacial score (nSPS) is 14.2. The van der Waals surface area contributed by atoms with Gasteiger partial charge in [0.15, 0.2) is 6.61 Å². The molecule has 0 aromatic carbocycles. The molecule has 0 atom stereocenters. The van der Waals surface area contributed by atoms with E-state index in [1.165, 1.54) is 19.4 Å². The van der Waals surface area contributed by atoms with Gasteiger partial charge < -0.3 is 10.1 Å². The first-order valence-electron chi connectivity index (χ1n) is 9.06. The van der Waals surface area contributed by atoms with Crippen LogP contribution >= 0.6 is 0 Å². The molecule has 152 valence electrons. The lowest BCUT2D eigenvalue weighted by Crippen LogP contribution is -2.20. The van der Waals surface area contributed by atoms with Gasteiger partial charge in [-0.25, -0.2) is 4.98 Å². The number of amides is 1. The van der Waals surface area contributed by atoms with Crippen molar-refractivity contribution in [2.24, 2.45) is 0 Å². The fourth-order valence-electron chi connectivity index (χ4n) is 3.12. The molecule has 1 aliphatic rings. The number of carbonyl (C=O) groups is 1. The van der Waals surface area contributed by atoms with Gasteiger partial charge in [0.05, 0.1) is 17.4 Å². The Morgan fingerprint density at radius 2 is 2.14 bits per heavy atom. The van der Waals surface area contributed by atoms with E-state index in [0.717, 1.165) is 18.4 Å². The van der Waals surface area contributed by atoms with Gasteiger partial charge in [-0.05, 0) is 36.5 Å². The number of nitrogens with one attached hydrogen (secondary N) is 1. The first-order chi connectivity index (χ1) is 13.8. The summed E-state index contributed by atoms with van der Waals surface area (Å²) < 4.78 is 44.0. The second-order valence-corrected chi connectivity index (χ2v) is 6.91. The summed E-state index contributed by atoms with van der Waals surface area (Å²) in [5, 5.41) is 7.62. The molecule has 3 aromatic rings. The van der Waals surface area contributed by atoms with Crippen molar-refractivity contribution in [3.8, 4) is 5.88 Å². The molecule has 4 rings (SSSR count). The highest BCUT2D eigenvalue weighted by atomic mass is 19.4. The molecule has 0 radical (unpaired) electrons. The van der Waals surface area contributed by atoms with Gasteiger partial charge in [0.25, 0.3) is 5.91 Å². The number of fused-ring (bicyclic) bond motifs is 1. The predicted molar refractivity (Wildman–Crippen MR) is 97.8 cm³/mol. The molecule has 1 aliphatic carbocycles. The van der Waals surface area contributed by atoms with Crippen LogP contribution in [0.5, 0.6) is 5.88 Å². The van der Waals surface area contributed by atoms with E-state index in [2.05, 4.69) is 20.4 Å². The first kappa shape index (κ1) is 19.2. The Labute approximate surface area is 163 Å². The molecular weight excluding hydrogens is 387 g/mol. The molecule has 1 fully saturated rings. The van der Waals surface area contributed by atoms with Crippen molar-refractivity contribution in [2.75, 3.05) is 13.7 Å². The standard InChI is InChI=1S/C19H18F3N5O2/c1-23-17(28)16-14-9-27(26-15(14)4-5-24-16)8-11-6-13(12-2-3-12)18(25-7-11)29-10-19(20,21)22/h4-7,9,12H,2-3,8,10H2,1H3,(H,23,28). The lowest BCUT2D eigenvalue weighted by molar-refractivity contribution is -0.154. The van der Waals surface area contributed by atoms with E-state index in [4.69, 9.17) is 4.74 Å².